The number of rotatable bonds is 6. The Hall–Kier alpha value is -1.51. The number of ketones is 1. The highest BCUT2D eigenvalue weighted by Crippen LogP contribution is 2.23. The Morgan fingerprint density at radius 2 is 1.50 bits per heavy atom. The van der Waals surface area contributed by atoms with Gasteiger partial charge in [0, 0.05) is 22.9 Å². The lowest BCUT2D eigenvalue weighted by atomic mass is 10.1. The second-order valence-corrected chi connectivity index (χ2v) is 5.11. The van der Waals surface area contributed by atoms with Crippen LogP contribution in [0.15, 0.2) is 48.5 Å². The van der Waals surface area contributed by atoms with Crippen molar-refractivity contribution in [1.29, 1.82) is 0 Å². The Bertz CT molecular complexity index is 562. The van der Waals surface area contributed by atoms with Crippen molar-refractivity contribution in [3.05, 3.63) is 59.1 Å². The first-order valence-electron chi connectivity index (χ1n) is 6.31. The minimum absolute atomic E-state index is 0.101. The van der Waals surface area contributed by atoms with Crippen LogP contribution in [0.3, 0.4) is 0 Å². The van der Waals surface area contributed by atoms with Crippen LogP contribution in [0, 0.1) is 0 Å². The zero-order valence-electron chi connectivity index (χ0n) is 10.8. The maximum Gasteiger partial charge on any atom is 0.162 e. The van der Waals surface area contributed by atoms with Gasteiger partial charge in [-0.15, -0.1) is 11.6 Å². The first-order valence-corrected chi connectivity index (χ1v) is 7.23. The van der Waals surface area contributed by atoms with Crippen molar-refractivity contribution < 1.29 is 9.53 Å². The Labute approximate surface area is 128 Å². The fourth-order valence-electron chi connectivity index (χ4n) is 1.72. The minimum atomic E-state index is 0.101. The van der Waals surface area contributed by atoms with Crippen LogP contribution >= 0.6 is 23.2 Å². The monoisotopic (exact) mass is 308 g/mol. The maximum absolute atomic E-state index is 11.8. The van der Waals surface area contributed by atoms with Crippen molar-refractivity contribution in [2.75, 3.05) is 5.88 Å². The predicted molar refractivity (Wildman–Crippen MR) is 82.3 cm³/mol. The van der Waals surface area contributed by atoms with E-state index in [1.54, 1.807) is 48.5 Å². The molecule has 0 spiro atoms. The number of hydrogen-bond donors (Lipinski definition) is 0. The molecule has 0 heterocycles. The third-order valence-corrected chi connectivity index (χ3v) is 3.28. The Morgan fingerprint density at radius 1 is 0.950 bits per heavy atom. The van der Waals surface area contributed by atoms with Gasteiger partial charge in [0.25, 0.3) is 0 Å². The van der Waals surface area contributed by atoms with Crippen LogP contribution in [0.25, 0.3) is 0 Å². The van der Waals surface area contributed by atoms with Gasteiger partial charge in [0.2, 0.25) is 0 Å². The quantitative estimate of drug-likeness (QED) is 0.532. The van der Waals surface area contributed by atoms with Gasteiger partial charge in [-0.05, 0) is 55.0 Å². The van der Waals surface area contributed by atoms with Crippen molar-refractivity contribution in [2.24, 2.45) is 0 Å². The maximum atomic E-state index is 11.8. The summed E-state index contributed by atoms with van der Waals surface area (Å²) < 4.78 is 5.66. The number of alkyl halides is 1. The van der Waals surface area contributed by atoms with Gasteiger partial charge in [0.15, 0.2) is 5.78 Å². The fraction of sp³-hybridized carbons (Fsp3) is 0.188. The number of carbonyl (C=O) groups is 1. The molecule has 0 amide bonds. The van der Waals surface area contributed by atoms with Gasteiger partial charge in [-0.3, -0.25) is 4.79 Å². The summed E-state index contributed by atoms with van der Waals surface area (Å²) in [5.41, 5.74) is 0.679. The molecule has 0 aliphatic rings. The molecule has 2 nitrogen and oxygen atoms in total. The fourth-order valence-corrected chi connectivity index (χ4v) is 1.98. The van der Waals surface area contributed by atoms with Gasteiger partial charge >= 0.3 is 0 Å². The second kappa shape index (κ2) is 7.32. The van der Waals surface area contributed by atoms with E-state index in [1.165, 1.54) is 0 Å². The van der Waals surface area contributed by atoms with Gasteiger partial charge in [-0.1, -0.05) is 11.6 Å². The number of halogens is 2. The average molecular weight is 309 g/mol. The Morgan fingerprint density at radius 3 is 2.05 bits per heavy atom. The smallest absolute Gasteiger partial charge is 0.162 e. The van der Waals surface area contributed by atoms with Crippen LogP contribution in [-0.4, -0.2) is 11.7 Å². The van der Waals surface area contributed by atoms with Gasteiger partial charge in [0.1, 0.15) is 11.5 Å². The van der Waals surface area contributed by atoms with Gasteiger partial charge in [0.05, 0.1) is 0 Å². The molecule has 4 heteroatoms. The number of benzene rings is 2. The number of ether oxygens (including phenoxy) is 1. The van der Waals surface area contributed by atoms with Crippen LogP contribution in [0.4, 0.5) is 0 Å². The van der Waals surface area contributed by atoms with E-state index in [0.717, 1.165) is 0 Å². The zero-order chi connectivity index (χ0) is 14.4. The SMILES string of the molecule is O=C(CCCCl)c1ccc(Oc2ccc(Cl)cc2)cc1. The molecule has 0 unspecified atom stereocenters. The largest absolute Gasteiger partial charge is 0.457 e. The first-order chi connectivity index (χ1) is 9.69. The molecule has 0 aromatic heterocycles. The molecule has 0 saturated carbocycles. The molecular weight excluding hydrogens is 295 g/mol. The van der Waals surface area contributed by atoms with Gasteiger partial charge in [-0.25, -0.2) is 0 Å². The summed E-state index contributed by atoms with van der Waals surface area (Å²) >= 11 is 11.4. The van der Waals surface area contributed by atoms with Gasteiger partial charge < -0.3 is 4.74 Å². The van der Waals surface area contributed by atoms with E-state index in [0.29, 0.717) is 40.8 Å². The van der Waals surface area contributed by atoms with E-state index in [2.05, 4.69) is 0 Å². The molecule has 0 fully saturated rings. The standard InChI is InChI=1S/C16H14Cl2O2/c17-11-1-2-16(19)12-3-7-14(8-4-12)20-15-9-5-13(18)6-10-15/h3-10H,1-2,11H2. The molecule has 0 radical (unpaired) electrons. The molecule has 0 aliphatic heterocycles. The highest BCUT2D eigenvalue weighted by Gasteiger charge is 2.05. The highest BCUT2D eigenvalue weighted by atomic mass is 35.5. The molecule has 0 bridgehead atoms. The third-order valence-electron chi connectivity index (χ3n) is 2.76. The lowest BCUT2D eigenvalue weighted by Crippen LogP contribution is -1.99. The summed E-state index contributed by atoms with van der Waals surface area (Å²) in [6, 6.07) is 14.2. The summed E-state index contributed by atoms with van der Waals surface area (Å²) in [4.78, 5) is 11.8. The molecule has 0 atom stereocenters. The van der Waals surface area contributed by atoms with Crippen molar-refractivity contribution >= 4 is 29.0 Å². The molecule has 20 heavy (non-hydrogen) atoms. The number of carbonyl (C=O) groups excluding carboxylic acids is 1. The van der Waals surface area contributed by atoms with E-state index in [9.17, 15) is 4.79 Å². The van der Waals surface area contributed by atoms with E-state index in [-0.39, 0.29) is 5.78 Å². The van der Waals surface area contributed by atoms with Gasteiger partial charge in [-0.2, -0.15) is 0 Å². The van der Waals surface area contributed by atoms with Crippen LogP contribution in [-0.2, 0) is 0 Å². The van der Waals surface area contributed by atoms with Crippen LogP contribution in [0.1, 0.15) is 23.2 Å². The zero-order valence-corrected chi connectivity index (χ0v) is 12.3. The van der Waals surface area contributed by atoms with E-state index < -0.39 is 0 Å². The molecule has 104 valence electrons. The lowest BCUT2D eigenvalue weighted by molar-refractivity contribution is 0.0982. The van der Waals surface area contributed by atoms with Crippen molar-refractivity contribution in [3.63, 3.8) is 0 Å². The number of hydrogen-bond acceptors (Lipinski definition) is 2. The summed E-state index contributed by atoms with van der Waals surface area (Å²) in [5, 5.41) is 0.664. The van der Waals surface area contributed by atoms with Crippen LogP contribution < -0.4 is 4.74 Å². The lowest BCUT2D eigenvalue weighted by Gasteiger charge is -2.06. The normalized spacial score (nSPS) is 10.3. The summed E-state index contributed by atoms with van der Waals surface area (Å²) in [5.74, 6) is 1.99. The third kappa shape index (κ3) is 4.26. The van der Waals surface area contributed by atoms with Crippen molar-refractivity contribution in [3.8, 4) is 11.5 Å². The molecular formula is C16H14Cl2O2. The molecule has 0 saturated heterocycles. The second-order valence-electron chi connectivity index (χ2n) is 4.30. The Balaban J connectivity index is 2.01. The molecule has 2 aromatic rings. The first kappa shape index (κ1) is 14.9. The summed E-state index contributed by atoms with van der Waals surface area (Å²) in [6.45, 7) is 0. The summed E-state index contributed by atoms with van der Waals surface area (Å²) in [6.07, 6.45) is 1.17. The van der Waals surface area contributed by atoms with Crippen molar-refractivity contribution in [1.82, 2.24) is 0 Å². The topological polar surface area (TPSA) is 26.3 Å². The van der Waals surface area contributed by atoms with E-state index in [1.807, 2.05) is 0 Å². The van der Waals surface area contributed by atoms with Crippen LogP contribution in [0.5, 0.6) is 11.5 Å². The molecule has 0 N–H and O–H groups in total. The highest BCUT2D eigenvalue weighted by molar-refractivity contribution is 6.30. The average Bonchev–Trinajstić information content (AvgIpc) is 2.48. The number of Topliss-reactive ketones (excluding diaryl/α,β-unsaturated/α-hetero) is 1. The van der Waals surface area contributed by atoms with Crippen molar-refractivity contribution in [2.45, 2.75) is 12.8 Å². The Kier molecular flexibility index (Phi) is 5.45. The molecule has 2 aromatic carbocycles. The molecule has 2 rings (SSSR count). The summed E-state index contributed by atoms with van der Waals surface area (Å²) in [7, 11) is 0. The van der Waals surface area contributed by atoms with E-state index in [4.69, 9.17) is 27.9 Å². The van der Waals surface area contributed by atoms with E-state index >= 15 is 0 Å². The minimum Gasteiger partial charge on any atom is -0.457 e. The predicted octanol–water partition coefficient (Wildman–Crippen LogP) is 5.33. The molecule has 0 aliphatic carbocycles. The van der Waals surface area contributed by atoms with Crippen LogP contribution in [0.2, 0.25) is 5.02 Å².